The highest BCUT2D eigenvalue weighted by Crippen LogP contribution is 2.30. The quantitative estimate of drug-likeness (QED) is 0.642. The van der Waals surface area contributed by atoms with E-state index in [0.717, 1.165) is 17.7 Å². The maximum Gasteiger partial charge on any atom is 0.416 e. The molecule has 0 unspecified atom stereocenters. The lowest BCUT2D eigenvalue weighted by atomic mass is 10.1. The first-order chi connectivity index (χ1) is 14.2. The van der Waals surface area contributed by atoms with E-state index in [2.05, 4.69) is 5.32 Å². The number of carboxylic acid groups (broad SMARTS) is 1. The molecule has 1 aromatic heterocycles. The summed E-state index contributed by atoms with van der Waals surface area (Å²) in [6, 6.07) is 17.1. The zero-order valence-electron chi connectivity index (χ0n) is 15.8. The predicted molar refractivity (Wildman–Crippen MR) is 103 cm³/mol. The minimum atomic E-state index is -4.51. The Balaban J connectivity index is 1.84. The van der Waals surface area contributed by atoms with Crippen molar-refractivity contribution in [1.29, 1.82) is 0 Å². The van der Waals surface area contributed by atoms with E-state index in [1.807, 2.05) is 30.3 Å². The second-order valence-electron chi connectivity index (χ2n) is 6.66. The molecule has 156 valence electrons. The molecule has 8 heteroatoms. The van der Waals surface area contributed by atoms with Gasteiger partial charge >= 0.3 is 6.18 Å². The van der Waals surface area contributed by atoms with Gasteiger partial charge in [-0.3, -0.25) is 4.79 Å². The normalized spacial score (nSPS) is 11.3. The Morgan fingerprint density at radius 3 is 2.37 bits per heavy atom. The van der Waals surface area contributed by atoms with Crippen molar-refractivity contribution < 1.29 is 27.9 Å². The van der Waals surface area contributed by atoms with Gasteiger partial charge in [0, 0.05) is 23.0 Å². The molecule has 30 heavy (non-hydrogen) atoms. The van der Waals surface area contributed by atoms with Crippen LogP contribution in [0.3, 0.4) is 0 Å². The Hall–Kier alpha value is -3.55. The SMILES string of the molecule is O=C([O-])CCc1ccc(-c2ccccc2)n1CC(=O)Nc1cccc(C(F)(F)F)c1. The van der Waals surface area contributed by atoms with Crippen LogP contribution in [0, 0.1) is 0 Å². The number of aryl methyl sites for hydroxylation is 1. The molecule has 0 spiro atoms. The number of carbonyl (C=O) groups excluding carboxylic acids is 2. The van der Waals surface area contributed by atoms with Crippen LogP contribution in [0.25, 0.3) is 11.3 Å². The fraction of sp³-hybridized carbons (Fsp3) is 0.182. The number of halogens is 3. The first-order valence-corrected chi connectivity index (χ1v) is 9.15. The Labute approximate surface area is 170 Å². The Kier molecular flexibility index (Phi) is 6.25. The molecule has 0 radical (unpaired) electrons. The monoisotopic (exact) mass is 415 g/mol. The van der Waals surface area contributed by atoms with Gasteiger partial charge in [0.2, 0.25) is 5.91 Å². The van der Waals surface area contributed by atoms with Gasteiger partial charge in [-0.15, -0.1) is 0 Å². The lowest BCUT2D eigenvalue weighted by Gasteiger charge is -2.15. The van der Waals surface area contributed by atoms with Crippen molar-refractivity contribution in [3.8, 4) is 11.3 Å². The van der Waals surface area contributed by atoms with Crippen molar-refractivity contribution in [2.75, 3.05) is 5.32 Å². The van der Waals surface area contributed by atoms with Gasteiger partial charge in [-0.05, 0) is 48.7 Å². The number of alkyl halides is 3. The van der Waals surface area contributed by atoms with Crippen LogP contribution in [-0.2, 0) is 28.7 Å². The molecular weight excluding hydrogens is 397 g/mol. The first-order valence-electron chi connectivity index (χ1n) is 9.15. The summed E-state index contributed by atoms with van der Waals surface area (Å²) < 4.78 is 40.3. The molecule has 3 rings (SSSR count). The van der Waals surface area contributed by atoms with Crippen molar-refractivity contribution in [3.05, 3.63) is 78.0 Å². The zero-order valence-corrected chi connectivity index (χ0v) is 15.8. The van der Waals surface area contributed by atoms with Gasteiger partial charge < -0.3 is 19.8 Å². The van der Waals surface area contributed by atoms with Crippen LogP contribution in [0.1, 0.15) is 17.7 Å². The third-order valence-corrected chi connectivity index (χ3v) is 4.50. The van der Waals surface area contributed by atoms with Crippen molar-refractivity contribution in [3.63, 3.8) is 0 Å². The fourth-order valence-electron chi connectivity index (χ4n) is 3.12. The molecule has 1 N–H and O–H groups in total. The Morgan fingerprint density at radius 1 is 0.967 bits per heavy atom. The van der Waals surface area contributed by atoms with Gasteiger partial charge in [0.15, 0.2) is 0 Å². The topological polar surface area (TPSA) is 74.2 Å². The van der Waals surface area contributed by atoms with Crippen molar-refractivity contribution >= 4 is 17.6 Å². The van der Waals surface area contributed by atoms with Crippen LogP contribution in [0.5, 0.6) is 0 Å². The standard InChI is InChI=1S/C22H19F3N2O3/c23-22(24,25)16-7-4-8-17(13-16)26-20(28)14-27-18(10-12-21(29)30)9-11-19(27)15-5-2-1-3-6-15/h1-9,11,13H,10,12,14H2,(H,26,28)(H,29,30)/p-1. The molecule has 0 aliphatic heterocycles. The van der Waals surface area contributed by atoms with E-state index in [1.165, 1.54) is 12.1 Å². The van der Waals surface area contributed by atoms with Gasteiger partial charge in [-0.1, -0.05) is 36.4 Å². The zero-order chi connectivity index (χ0) is 21.7. The van der Waals surface area contributed by atoms with Gasteiger partial charge in [0.05, 0.1) is 5.56 Å². The summed E-state index contributed by atoms with van der Waals surface area (Å²) in [6.45, 7) is -0.185. The van der Waals surface area contributed by atoms with Gasteiger partial charge in [-0.2, -0.15) is 13.2 Å². The molecule has 2 aromatic carbocycles. The molecular formula is C22H18F3N2O3-. The molecule has 0 saturated carbocycles. The summed E-state index contributed by atoms with van der Waals surface area (Å²) in [4.78, 5) is 23.4. The summed E-state index contributed by atoms with van der Waals surface area (Å²) >= 11 is 0. The highest BCUT2D eigenvalue weighted by atomic mass is 19.4. The summed E-state index contributed by atoms with van der Waals surface area (Å²) in [7, 11) is 0. The maximum atomic E-state index is 12.9. The molecule has 0 aliphatic rings. The second kappa shape index (κ2) is 8.86. The number of anilines is 1. The van der Waals surface area contributed by atoms with Gasteiger partial charge in [0.25, 0.3) is 0 Å². The molecule has 5 nitrogen and oxygen atoms in total. The average Bonchev–Trinajstić information content (AvgIpc) is 3.09. The molecule has 0 fully saturated rings. The van der Waals surface area contributed by atoms with Crippen LogP contribution in [0.2, 0.25) is 0 Å². The maximum absolute atomic E-state index is 12.9. The van der Waals surface area contributed by atoms with Crippen molar-refractivity contribution in [1.82, 2.24) is 4.57 Å². The highest BCUT2D eigenvalue weighted by Gasteiger charge is 2.30. The number of hydrogen-bond donors (Lipinski definition) is 1. The first kappa shape index (κ1) is 21.2. The minimum absolute atomic E-state index is 0.0273. The highest BCUT2D eigenvalue weighted by molar-refractivity contribution is 5.91. The summed E-state index contributed by atoms with van der Waals surface area (Å²) in [6.07, 6.45) is -4.57. The number of rotatable bonds is 7. The third-order valence-electron chi connectivity index (χ3n) is 4.50. The number of carbonyl (C=O) groups is 2. The molecule has 1 amide bonds. The number of hydrogen-bond acceptors (Lipinski definition) is 3. The van der Waals surface area contributed by atoms with Crippen LogP contribution < -0.4 is 10.4 Å². The number of aliphatic carboxylic acids is 1. The number of carboxylic acids is 1. The van der Waals surface area contributed by atoms with E-state index >= 15 is 0 Å². The summed E-state index contributed by atoms with van der Waals surface area (Å²) in [5.74, 6) is -1.74. The number of benzene rings is 2. The number of nitrogens with zero attached hydrogens (tertiary/aromatic N) is 1. The van der Waals surface area contributed by atoms with E-state index in [4.69, 9.17) is 0 Å². The Morgan fingerprint density at radius 2 is 1.70 bits per heavy atom. The van der Waals surface area contributed by atoms with Gasteiger partial charge in [0.1, 0.15) is 6.54 Å². The van der Waals surface area contributed by atoms with Gasteiger partial charge in [-0.25, -0.2) is 0 Å². The molecule has 0 atom stereocenters. The predicted octanol–water partition coefficient (Wildman–Crippen LogP) is 3.50. The largest absolute Gasteiger partial charge is 0.550 e. The summed E-state index contributed by atoms with van der Waals surface area (Å²) in [5.41, 5.74) is 1.30. The molecule has 0 aliphatic carbocycles. The third kappa shape index (κ3) is 5.28. The number of amides is 1. The molecule has 0 saturated heterocycles. The lowest BCUT2D eigenvalue weighted by molar-refractivity contribution is -0.305. The molecule has 0 bridgehead atoms. The van der Waals surface area contributed by atoms with Crippen molar-refractivity contribution in [2.24, 2.45) is 0 Å². The van der Waals surface area contributed by atoms with Crippen LogP contribution >= 0.6 is 0 Å². The minimum Gasteiger partial charge on any atom is -0.550 e. The molecule has 1 heterocycles. The van der Waals surface area contributed by atoms with E-state index in [9.17, 15) is 27.9 Å². The van der Waals surface area contributed by atoms with Crippen LogP contribution in [0.15, 0.2) is 66.7 Å². The van der Waals surface area contributed by atoms with E-state index < -0.39 is 23.6 Å². The second-order valence-corrected chi connectivity index (χ2v) is 6.66. The van der Waals surface area contributed by atoms with Crippen LogP contribution in [0.4, 0.5) is 18.9 Å². The number of aromatic nitrogens is 1. The average molecular weight is 415 g/mol. The smallest absolute Gasteiger partial charge is 0.416 e. The van der Waals surface area contributed by atoms with E-state index in [-0.39, 0.29) is 25.1 Å². The molecule has 3 aromatic rings. The van der Waals surface area contributed by atoms with E-state index in [1.54, 1.807) is 16.7 Å². The summed E-state index contributed by atoms with van der Waals surface area (Å²) in [5, 5.41) is 13.3. The fourth-order valence-corrected chi connectivity index (χ4v) is 3.12. The lowest BCUT2D eigenvalue weighted by Crippen LogP contribution is -2.24. The van der Waals surface area contributed by atoms with E-state index in [0.29, 0.717) is 11.4 Å². The van der Waals surface area contributed by atoms with Crippen molar-refractivity contribution in [2.45, 2.75) is 25.6 Å². The number of nitrogens with one attached hydrogen (secondary N) is 1. The van der Waals surface area contributed by atoms with Crippen LogP contribution in [-0.4, -0.2) is 16.4 Å². The Bertz CT molecular complexity index is 1040.